The Kier molecular flexibility index (Phi) is 5.69. The Labute approximate surface area is 155 Å². The molecule has 2 aromatic rings. The van der Waals surface area contributed by atoms with Crippen molar-refractivity contribution >= 4 is 17.9 Å². The topological polar surface area (TPSA) is 29.5 Å². The van der Waals surface area contributed by atoms with Gasteiger partial charge in [-0.2, -0.15) is 0 Å². The summed E-state index contributed by atoms with van der Waals surface area (Å²) in [5.74, 6) is 0.935. The summed E-state index contributed by atoms with van der Waals surface area (Å²) < 4.78 is 5.29. The van der Waals surface area contributed by atoms with Crippen molar-refractivity contribution in [3.63, 3.8) is 0 Å². The third kappa shape index (κ3) is 4.30. The van der Waals surface area contributed by atoms with Crippen LogP contribution in [-0.2, 0) is 4.79 Å². The van der Waals surface area contributed by atoms with Gasteiger partial charge in [-0.1, -0.05) is 48.9 Å². The van der Waals surface area contributed by atoms with E-state index in [0.717, 1.165) is 34.6 Å². The van der Waals surface area contributed by atoms with E-state index in [1.807, 2.05) is 48.6 Å². The molecule has 0 aromatic heterocycles. The molecule has 0 spiro atoms. The van der Waals surface area contributed by atoms with Crippen molar-refractivity contribution in [2.75, 3.05) is 26.7 Å². The number of likely N-dealkylation sites (N-methyl/N-ethyl adjacent to an activating group) is 1. The maximum atomic E-state index is 13.0. The molecule has 0 bridgehead atoms. The number of hydrogen-bond acceptors (Lipinski definition) is 3. The molecule has 1 saturated heterocycles. The number of methoxy groups -OCH3 is 1. The van der Waals surface area contributed by atoms with Gasteiger partial charge in [-0.05, 0) is 48.9 Å². The van der Waals surface area contributed by atoms with Crippen LogP contribution in [0.5, 0.6) is 5.75 Å². The van der Waals surface area contributed by atoms with Crippen LogP contribution in [0.25, 0.3) is 12.2 Å². The molecule has 3 heteroatoms. The molecular weight excluding hydrogens is 322 g/mol. The molecule has 0 unspecified atom stereocenters. The number of rotatable bonds is 4. The van der Waals surface area contributed by atoms with Crippen LogP contribution in [0.15, 0.2) is 59.7 Å². The first-order valence-corrected chi connectivity index (χ1v) is 8.98. The number of benzene rings is 2. The lowest BCUT2D eigenvalue weighted by Crippen LogP contribution is -2.37. The molecule has 3 nitrogen and oxygen atoms in total. The molecule has 0 amide bonds. The number of nitrogens with zero attached hydrogens (tertiary/aromatic N) is 1. The maximum Gasteiger partial charge on any atom is 0.187 e. The zero-order chi connectivity index (χ0) is 18.5. The van der Waals surface area contributed by atoms with Gasteiger partial charge in [-0.15, -0.1) is 0 Å². The average molecular weight is 347 g/mol. The van der Waals surface area contributed by atoms with Crippen LogP contribution in [0.4, 0.5) is 0 Å². The second-order valence-corrected chi connectivity index (χ2v) is 6.66. The Morgan fingerprint density at radius 2 is 1.62 bits per heavy atom. The van der Waals surface area contributed by atoms with Gasteiger partial charge >= 0.3 is 0 Å². The average Bonchev–Trinajstić information content (AvgIpc) is 2.65. The molecule has 3 rings (SSSR count). The first-order chi connectivity index (χ1) is 12.6. The van der Waals surface area contributed by atoms with Gasteiger partial charge in [0.2, 0.25) is 0 Å². The number of likely N-dealkylation sites (tertiary alicyclic amines) is 1. The Hall–Kier alpha value is -2.65. The molecule has 0 aliphatic carbocycles. The van der Waals surface area contributed by atoms with Crippen LogP contribution in [0.1, 0.15) is 23.6 Å². The van der Waals surface area contributed by atoms with E-state index in [-0.39, 0.29) is 5.78 Å². The molecule has 1 fully saturated rings. The summed E-state index contributed by atoms with van der Waals surface area (Å²) in [6.07, 6.45) is 4.01. The summed E-state index contributed by atoms with van der Waals surface area (Å²) in [5, 5.41) is 0. The van der Waals surface area contributed by atoms with Crippen LogP contribution >= 0.6 is 0 Å². The number of piperidine rings is 1. The van der Waals surface area contributed by atoms with Gasteiger partial charge in [0.25, 0.3) is 0 Å². The van der Waals surface area contributed by atoms with E-state index in [0.29, 0.717) is 13.1 Å². The SMILES string of the molecule is CCN1C/C(=C\c2cccc(C)c2)C(=O)/C(=C/c2cccc(OC)c2)C1. The van der Waals surface area contributed by atoms with Crippen molar-refractivity contribution in [2.45, 2.75) is 13.8 Å². The van der Waals surface area contributed by atoms with Crippen LogP contribution < -0.4 is 4.74 Å². The number of hydrogen-bond donors (Lipinski definition) is 0. The number of ketones is 1. The lowest BCUT2D eigenvalue weighted by Gasteiger charge is -2.28. The van der Waals surface area contributed by atoms with E-state index < -0.39 is 0 Å². The number of Topliss-reactive ketones (excluding diaryl/α,β-unsaturated/α-hetero) is 1. The molecule has 1 heterocycles. The highest BCUT2D eigenvalue weighted by molar-refractivity contribution is 6.14. The van der Waals surface area contributed by atoms with Crippen molar-refractivity contribution < 1.29 is 9.53 Å². The molecule has 134 valence electrons. The standard InChI is InChI=1S/C23H25NO2/c1-4-24-15-20(12-18-8-5-7-17(2)11-18)23(25)21(16-24)13-19-9-6-10-22(14-19)26-3/h5-14H,4,15-16H2,1-3H3/b20-12+,21-13+. The van der Waals surface area contributed by atoms with Gasteiger partial charge < -0.3 is 4.74 Å². The normalized spacial score (nSPS) is 18.5. The van der Waals surface area contributed by atoms with Gasteiger partial charge in [0.15, 0.2) is 5.78 Å². The predicted molar refractivity (Wildman–Crippen MR) is 107 cm³/mol. The Balaban J connectivity index is 1.95. The maximum absolute atomic E-state index is 13.0. The molecule has 2 aromatic carbocycles. The van der Waals surface area contributed by atoms with Gasteiger partial charge in [-0.25, -0.2) is 0 Å². The van der Waals surface area contributed by atoms with Crippen molar-refractivity contribution in [3.05, 3.63) is 76.4 Å². The molecule has 0 saturated carbocycles. The van der Waals surface area contributed by atoms with Gasteiger partial charge in [0, 0.05) is 24.2 Å². The van der Waals surface area contributed by atoms with Crippen molar-refractivity contribution in [1.82, 2.24) is 4.90 Å². The van der Waals surface area contributed by atoms with Gasteiger partial charge in [0.05, 0.1) is 7.11 Å². The van der Waals surface area contributed by atoms with Crippen LogP contribution in [0.2, 0.25) is 0 Å². The van der Waals surface area contributed by atoms with Gasteiger partial charge in [-0.3, -0.25) is 9.69 Å². The highest BCUT2D eigenvalue weighted by Crippen LogP contribution is 2.23. The Morgan fingerprint density at radius 1 is 1.00 bits per heavy atom. The minimum Gasteiger partial charge on any atom is -0.497 e. The fourth-order valence-corrected chi connectivity index (χ4v) is 3.23. The highest BCUT2D eigenvalue weighted by atomic mass is 16.5. The molecule has 0 radical (unpaired) electrons. The lowest BCUT2D eigenvalue weighted by atomic mass is 9.94. The van der Waals surface area contributed by atoms with E-state index in [1.165, 1.54) is 5.56 Å². The first kappa shape index (κ1) is 18.2. The molecule has 1 aliphatic heterocycles. The van der Waals surface area contributed by atoms with E-state index >= 15 is 0 Å². The first-order valence-electron chi connectivity index (χ1n) is 8.98. The Morgan fingerprint density at radius 3 is 2.19 bits per heavy atom. The van der Waals surface area contributed by atoms with Crippen LogP contribution in [0, 0.1) is 6.92 Å². The number of ether oxygens (including phenoxy) is 1. The van der Waals surface area contributed by atoms with Crippen LogP contribution in [0.3, 0.4) is 0 Å². The fourth-order valence-electron chi connectivity index (χ4n) is 3.23. The summed E-state index contributed by atoms with van der Waals surface area (Å²) in [7, 11) is 1.65. The van der Waals surface area contributed by atoms with Gasteiger partial charge in [0.1, 0.15) is 5.75 Å². The predicted octanol–water partition coefficient (Wildman–Crippen LogP) is 4.38. The summed E-state index contributed by atoms with van der Waals surface area (Å²) in [5.41, 5.74) is 4.93. The van der Waals surface area contributed by atoms with E-state index in [1.54, 1.807) is 7.11 Å². The Bertz CT molecular complexity index is 864. The van der Waals surface area contributed by atoms with Crippen molar-refractivity contribution in [2.24, 2.45) is 0 Å². The smallest absolute Gasteiger partial charge is 0.187 e. The van der Waals surface area contributed by atoms with Crippen molar-refractivity contribution in [1.29, 1.82) is 0 Å². The monoisotopic (exact) mass is 347 g/mol. The number of aryl methyl sites for hydroxylation is 1. The summed E-state index contributed by atoms with van der Waals surface area (Å²) in [6, 6.07) is 16.1. The van der Waals surface area contributed by atoms with E-state index in [9.17, 15) is 4.79 Å². The molecule has 0 atom stereocenters. The minimum absolute atomic E-state index is 0.138. The molecule has 26 heavy (non-hydrogen) atoms. The zero-order valence-electron chi connectivity index (χ0n) is 15.7. The summed E-state index contributed by atoms with van der Waals surface area (Å²) in [6.45, 7) is 6.48. The third-order valence-corrected chi connectivity index (χ3v) is 4.64. The number of carbonyl (C=O) groups is 1. The molecular formula is C23H25NO2. The van der Waals surface area contributed by atoms with Crippen molar-refractivity contribution in [3.8, 4) is 5.75 Å². The van der Waals surface area contributed by atoms with Crippen LogP contribution in [-0.4, -0.2) is 37.4 Å². The lowest BCUT2D eigenvalue weighted by molar-refractivity contribution is -0.113. The fraction of sp³-hybridized carbons (Fsp3) is 0.261. The summed E-state index contributed by atoms with van der Waals surface area (Å²) >= 11 is 0. The number of carbonyl (C=O) groups excluding carboxylic acids is 1. The van der Waals surface area contributed by atoms with E-state index in [4.69, 9.17) is 4.74 Å². The molecule has 1 aliphatic rings. The largest absolute Gasteiger partial charge is 0.497 e. The second kappa shape index (κ2) is 8.15. The highest BCUT2D eigenvalue weighted by Gasteiger charge is 2.25. The quantitative estimate of drug-likeness (QED) is 0.769. The summed E-state index contributed by atoms with van der Waals surface area (Å²) in [4.78, 5) is 15.3. The molecule has 0 N–H and O–H groups in total. The zero-order valence-corrected chi connectivity index (χ0v) is 15.7. The van der Waals surface area contributed by atoms with E-state index in [2.05, 4.69) is 30.9 Å². The minimum atomic E-state index is 0.138. The second-order valence-electron chi connectivity index (χ2n) is 6.66. The third-order valence-electron chi connectivity index (χ3n) is 4.64.